The van der Waals surface area contributed by atoms with E-state index in [1.165, 1.54) is 5.56 Å². The first-order valence-corrected chi connectivity index (χ1v) is 9.40. The lowest BCUT2D eigenvalue weighted by Gasteiger charge is -2.39. The van der Waals surface area contributed by atoms with Gasteiger partial charge in [-0.25, -0.2) is 0 Å². The number of pyridine rings is 1. The van der Waals surface area contributed by atoms with Gasteiger partial charge in [-0.3, -0.25) is 15.1 Å². The SMILES string of the molecule is CC1(C)CNc2cc(C3(NCc4ccncc4)NC=CC=C3C(N)=O)ccc21. The average Bonchev–Trinajstić information content (AvgIpc) is 3.01. The summed E-state index contributed by atoms with van der Waals surface area (Å²) in [4.78, 5) is 16.4. The fourth-order valence-corrected chi connectivity index (χ4v) is 3.93. The maximum atomic E-state index is 12.3. The van der Waals surface area contributed by atoms with Crippen molar-refractivity contribution >= 4 is 11.6 Å². The van der Waals surface area contributed by atoms with Crippen molar-refractivity contribution in [1.82, 2.24) is 15.6 Å². The lowest BCUT2D eigenvalue weighted by Crippen LogP contribution is -2.56. The van der Waals surface area contributed by atoms with Crippen LogP contribution in [0, 0.1) is 0 Å². The molecule has 2 aromatic rings. The number of nitrogens with zero attached hydrogens (tertiary/aromatic N) is 1. The van der Waals surface area contributed by atoms with Gasteiger partial charge in [-0.15, -0.1) is 0 Å². The molecule has 5 N–H and O–H groups in total. The van der Waals surface area contributed by atoms with Crippen molar-refractivity contribution in [3.63, 3.8) is 0 Å². The lowest BCUT2D eigenvalue weighted by molar-refractivity contribution is -0.115. The summed E-state index contributed by atoms with van der Waals surface area (Å²) in [6.07, 6.45) is 8.90. The van der Waals surface area contributed by atoms with Crippen LogP contribution in [0.25, 0.3) is 0 Å². The molecule has 0 aliphatic carbocycles. The topological polar surface area (TPSA) is 92.1 Å². The smallest absolute Gasteiger partial charge is 0.248 e. The van der Waals surface area contributed by atoms with Crippen molar-refractivity contribution in [2.45, 2.75) is 31.5 Å². The summed E-state index contributed by atoms with van der Waals surface area (Å²) in [5.41, 5.74) is 9.76. The molecule has 1 unspecified atom stereocenters. The standard InChI is InChI=1S/C22H25N5O/c1-21(2)14-25-19-12-16(5-6-17(19)21)22(18(20(23)28)4-3-9-26-22)27-13-15-7-10-24-11-8-15/h3-12,25-27H,13-14H2,1-2H3,(H2,23,28). The molecule has 6 heteroatoms. The van der Waals surface area contributed by atoms with E-state index in [4.69, 9.17) is 5.73 Å². The van der Waals surface area contributed by atoms with Gasteiger partial charge in [0.05, 0.1) is 5.57 Å². The highest BCUT2D eigenvalue weighted by molar-refractivity contribution is 5.95. The van der Waals surface area contributed by atoms with Crippen molar-refractivity contribution in [3.8, 4) is 0 Å². The quantitative estimate of drug-likeness (QED) is 0.643. The molecule has 1 amide bonds. The van der Waals surface area contributed by atoms with E-state index in [9.17, 15) is 4.79 Å². The molecule has 2 aliphatic heterocycles. The third kappa shape index (κ3) is 3.05. The highest BCUT2D eigenvalue weighted by atomic mass is 16.1. The highest BCUT2D eigenvalue weighted by Crippen LogP contribution is 2.39. The van der Waals surface area contributed by atoms with E-state index in [-0.39, 0.29) is 5.41 Å². The van der Waals surface area contributed by atoms with Crippen LogP contribution in [0.1, 0.15) is 30.5 Å². The molecule has 0 bridgehead atoms. The van der Waals surface area contributed by atoms with Gasteiger partial charge in [0.2, 0.25) is 5.91 Å². The number of aromatic nitrogens is 1. The molecule has 144 valence electrons. The van der Waals surface area contributed by atoms with Crippen molar-refractivity contribution in [1.29, 1.82) is 0 Å². The molecule has 1 atom stereocenters. The van der Waals surface area contributed by atoms with Crippen LogP contribution < -0.4 is 21.7 Å². The third-order valence-electron chi connectivity index (χ3n) is 5.54. The number of anilines is 1. The number of carbonyl (C=O) groups is 1. The Bertz CT molecular complexity index is 964. The monoisotopic (exact) mass is 375 g/mol. The molecule has 1 aromatic carbocycles. The number of nitrogens with one attached hydrogen (secondary N) is 3. The first-order valence-electron chi connectivity index (χ1n) is 9.40. The number of hydrogen-bond donors (Lipinski definition) is 4. The summed E-state index contributed by atoms with van der Waals surface area (Å²) in [6, 6.07) is 10.2. The molecule has 3 heterocycles. The van der Waals surface area contributed by atoms with Gasteiger partial charge in [-0.05, 0) is 53.2 Å². The first kappa shape index (κ1) is 18.3. The van der Waals surface area contributed by atoms with E-state index in [1.807, 2.05) is 18.3 Å². The van der Waals surface area contributed by atoms with Crippen molar-refractivity contribution < 1.29 is 4.79 Å². The van der Waals surface area contributed by atoms with Gasteiger partial charge in [0.15, 0.2) is 0 Å². The lowest BCUT2D eigenvalue weighted by atomic mass is 9.83. The fraction of sp³-hybridized carbons (Fsp3) is 0.273. The Labute approximate surface area is 164 Å². The maximum absolute atomic E-state index is 12.3. The molecule has 0 fully saturated rings. The zero-order valence-electron chi connectivity index (χ0n) is 16.1. The summed E-state index contributed by atoms with van der Waals surface area (Å²) >= 11 is 0. The molecular weight excluding hydrogens is 350 g/mol. The Morgan fingerprint density at radius 2 is 2.04 bits per heavy atom. The highest BCUT2D eigenvalue weighted by Gasteiger charge is 2.40. The Morgan fingerprint density at radius 3 is 2.79 bits per heavy atom. The minimum Gasteiger partial charge on any atom is -0.384 e. The number of allylic oxidation sites excluding steroid dienone is 2. The van der Waals surface area contributed by atoms with Gasteiger partial charge in [-0.1, -0.05) is 26.0 Å². The summed E-state index contributed by atoms with van der Waals surface area (Å²) in [5, 5.41) is 10.4. The van der Waals surface area contributed by atoms with E-state index < -0.39 is 11.6 Å². The largest absolute Gasteiger partial charge is 0.384 e. The fourth-order valence-electron chi connectivity index (χ4n) is 3.93. The molecule has 6 nitrogen and oxygen atoms in total. The number of benzene rings is 1. The molecular formula is C22H25N5O. The number of rotatable bonds is 5. The molecule has 28 heavy (non-hydrogen) atoms. The molecule has 0 saturated heterocycles. The van der Waals surface area contributed by atoms with Crippen LogP contribution >= 0.6 is 0 Å². The minimum atomic E-state index is -0.909. The molecule has 1 aromatic heterocycles. The van der Waals surface area contributed by atoms with Gasteiger partial charge < -0.3 is 16.4 Å². The average molecular weight is 375 g/mol. The predicted molar refractivity (Wildman–Crippen MR) is 110 cm³/mol. The summed E-state index contributed by atoms with van der Waals surface area (Å²) < 4.78 is 0. The van der Waals surface area contributed by atoms with Crippen LogP contribution in [0.15, 0.2) is 66.7 Å². The number of dihydropyridines is 1. The molecule has 0 saturated carbocycles. The second-order valence-electron chi connectivity index (χ2n) is 7.90. The second-order valence-corrected chi connectivity index (χ2v) is 7.90. The summed E-state index contributed by atoms with van der Waals surface area (Å²) in [7, 11) is 0. The number of carbonyl (C=O) groups excluding carboxylic acids is 1. The normalized spacial score (nSPS) is 22.0. The minimum absolute atomic E-state index is 0.0771. The van der Waals surface area contributed by atoms with Crippen LogP contribution in [0.2, 0.25) is 0 Å². The van der Waals surface area contributed by atoms with Gasteiger partial charge >= 0.3 is 0 Å². The van der Waals surface area contributed by atoms with Gasteiger partial charge in [-0.2, -0.15) is 0 Å². The zero-order chi connectivity index (χ0) is 19.8. The van der Waals surface area contributed by atoms with Crippen LogP contribution in [0.3, 0.4) is 0 Å². The van der Waals surface area contributed by atoms with E-state index in [0.717, 1.165) is 23.4 Å². The summed E-state index contributed by atoms with van der Waals surface area (Å²) in [5.74, 6) is -0.465. The molecule has 2 aliphatic rings. The molecule has 0 spiro atoms. The van der Waals surface area contributed by atoms with Crippen LogP contribution in [-0.4, -0.2) is 17.4 Å². The van der Waals surface area contributed by atoms with Gasteiger partial charge in [0.25, 0.3) is 0 Å². The maximum Gasteiger partial charge on any atom is 0.248 e. The number of nitrogens with two attached hydrogens (primary N) is 1. The Morgan fingerprint density at radius 1 is 1.25 bits per heavy atom. The number of amides is 1. The Balaban J connectivity index is 1.77. The van der Waals surface area contributed by atoms with E-state index >= 15 is 0 Å². The molecule has 4 rings (SSSR count). The van der Waals surface area contributed by atoms with Crippen molar-refractivity contribution in [2.24, 2.45) is 5.73 Å². The van der Waals surface area contributed by atoms with Crippen molar-refractivity contribution in [3.05, 3.63) is 83.3 Å². The first-order chi connectivity index (χ1) is 13.4. The second kappa shape index (κ2) is 6.80. The predicted octanol–water partition coefficient (Wildman–Crippen LogP) is 2.26. The van der Waals surface area contributed by atoms with Crippen molar-refractivity contribution in [2.75, 3.05) is 11.9 Å². The summed E-state index contributed by atoms with van der Waals surface area (Å²) in [6.45, 7) is 5.87. The van der Waals surface area contributed by atoms with Gasteiger partial charge in [0.1, 0.15) is 5.66 Å². The van der Waals surface area contributed by atoms with Gasteiger partial charge in [0, 0.05) is 36.6 Å². The van der Waals surface area contributed by atoms with E-state index in [2.05, 4.69) is 53.0 Å². The third-order valence-corrected chi connectivity index (χ3v) is 5.54. The van der Waals surface area contributed by atoms with Crippen LogP contribution in [0.4, 0.5) is 5.69 Å². The Kier molecular flexibility index (Phi) is 4.43. The number of fused-ring (bicyclic) bond motifs is 1. The van der Waals surface area contributed by atoms with Crippen LogP contribution in [-0.2, 0) is 22.4 Å². The number of hydrogen-bond acceptors (Lipinski definition) is 5. The van der Waals surface area contributed by atoms with E-state index in [0.29, 0.717) is 12.1 Å². The van der Waals surface area contributed by atoms with E-state index in [1.54, 1.807) is 24.5 Å². The molecule has 0 radical (unpaired) electrons. The number of primary amides is 1. The Hall–Kier alpha value is -3.12. The van der Waals surface area contributed by atoms with Crippen LogP contribution in [0.5, 0.6) is 0 Å². The zero-order valence-corrected chi connectivity index (χ0v) is 16.1.